The zero-order valence-corrected chi connectivity index (χ0v) is 20.0. The molecule has 7 rings (SSSR count). The Bertz CT molecular complexity index is 1970. The van der Waals surface area contributed by atoms with Gasteiger partial charge >= 0.3 is 5.63 Å². The minimum Gasteiger partial charge on any atom is -0.422 e. The van der Waals surface area contributed by atoms with Crippen molar-refractivity contribution in [1.82, 2.24) is 0 Å². The molecule has 6 aromatic carbocycles. The molecule has 0 fully saturated rings. The van der Waals surface area contributed by atoms with Crippen LogP contribution >= 0.6 is 0 Å². The largest absolute Gasteiger partial charge is 0.422 e. The molecule has 37 heavy (non-hydrogen) atoms. The van der Waals surface area contributed by atoms with Crippen molar-refractivity contribution in [2.75, 3.05) is 0 Å². The van der Waals surface area contributed by atoms with Gasteiger partial charge in [-0.3, -0.25) is 0 Å². The van der Waals surface area contributed by atoms with Crippen LogP contribution in [0, 0.1) is 0 Å². The summed E-state index contributed by atoms with van der Waals surface area (Å²) in [4.78, 5) is 13.6. The minimum absolute atomic E-state index is 0.327. The molecule has 0 spiro atoms. The second-order valence-electron chi connectivity index (χ2n) is 9.25. The first kappa shape index (κ1) is 21.3. The Morgan fingerprint density at radius 2 is 0.919 bits per heavy atom. The van der Waals surface area contributed by atoms with Gasteiger partial charge in [0.25, 0.3) is 0 Å². The summed E-state index contributed by atoms with van der Waals surface area (Å²) >= 11 is 0. The van der Waals surface area contributed by atoms with Crippen molar-refractivity contribution in [2.45, 2.75) is 0 Å². The quantitative estimate of drug-likeness (QED) is 0.145. The molecule has 0 saturated heterocycles. The molecule has 0 aliphatic heterocycles. The fourth-order valence-corrected chi connectivity index (χ4v) is 5.46. The predicted octanol–water partition coefficient (Wildman–Crippen LogP) is 9.10. The Morgan fingerprint density at radius 1 is 0.405 bits per heavy atom. The topological polar surface area (TPSA) is 30.2 Å². The van der Waals surface area contributed by atoms with Gasteiger partial charge in [0.2, 0.25) is 0 Å². The second-order valence-corrected chi connectivity index (χ2v) is 9.25. The Kier molecular flexibility index (Phi) is 4.97. The van der Waals surface area contributed by atoms with E-state index in [1.807, 2.05) is 54.6 Å². The predicted molar refractivity (Wildman–Crippen MR) is 154 cm³/mol. The number of hydrogen-bond donors (Lipinski definition) is 0. The molecule has 1 aromatic heterocycles. The normalized spacial score (nSPS) is 11.4. The van der Waals surface area contributed by atoms with Crippen molar-refractivity contribution in [3.05, 3.63) is 144 Å². The molecule has 0 saturated carbocycles. The van der Waals surface area contributed by atoms with Gasteiger partial charge in [0.1, 0.15) is 5.58 Å². The third-order valence-corrected chi connectivity index (χ3v) is 7.11. The first-order valence-corrected chi connectivity index (χ1v) is 12.4. The van der Waals surface area contributed by atoms with Crippen molar-refractivity contribution >= 4 is 32.5 Å². The molecule has 0 aliphatic carbocycles. The van der Waals surface area contributed by atoms with Crippen molar-refractivity contribution in [3.63, 3.8) is 0 Å². The summed E-state index contributed by atoms with van der Waals surface area (Å²) < 4.78 is 6.27. The first-order valence-electron chi connectivity index (χ1n) is 12.4. The standard InChI is InChI=1S/C35H22O2/c36-35-30-22-26(23-12-4-1-5-13-23)20-21-29(30)33-31(24-14-6-2-7-15-24)27-18-10-11-19-28(27)32(34(33)37-35)25-16-8-3-9-17-25/h1-22H. The average molecular weight is 475 g/mol. The third kappa shape index (κ3) is 3.46. The third-order valence-electron chi connectivity index (χ3n) is 7.11. The van der Waals surface area contributed by atoms with Crippen LogP contribution in [0.2, 0.25) is 0 Å². The zero-order valence-electron chi connectivity index (χ0n) is 20.0. The lowest BCUT2D eigenvalue weighted by Crippen LogP contribution is -2.02. The summed E-state index contributed by atoms with van der Waals surface area (Å²) in [5, 5.41) is 4.62. The second kappa shape index (κ2) is 8.61. The van der Waals surface area contributed by atoms with Crippen LogP contribution < -0.4 is 5.63 Å². The van der Waals surface area contributed by atoms with E-state index in [0.29, 0.717) is 11.0 Å². The van der Waals surface area contributed by atoms with E-state index in [2.05, 4.69) is 78.9 Å². The van der Waals surface area contributed by atoms with Crippen LogP contribution in [0.5, 0.6) is 0 Å². The fraction of sp³-hybridized carbons (Fsp3) is 0. The van der Waals surface area contributed by atoms with Crippen molar-refractivity contribution in [1.29, 1.82) is 0 Å². The summed E-state index contributed by atoms with van der Waals surface area (Å²) in [6, 6.07) is 45.2. The van der Waals surface area contributed by atoms with Gasteiger partial charge in [-0.15, -0.1) is 0 Å². The lowest BCUT2D eigenvalue weighted by Gasteiger charge is -2.18. The van der Waals surface area contributed by atoms with Crippen molar-refractivity contribution in [3.8, 4) is 33.4 Å². The van der Waals surface area contributed by atoms with E-state index in [1.54, 1.807) is 0 Å². The van der Waals surface area contributed by atoms with Gasteiger partial charge in [0, 0.05) is 21.9 Å². The maximum Gasteiger partial charge on any atom is 0.344 e. The van der Waals surface area contributed by atoms with Gasteiger partial charge in [-0.25, -0.2) is 4.79 Å². The molecular weight excluding hydrogens is 452 g/mol. The number of fused-ring (bicyclic) bond motifs is 4. The maximum absolute atomic E-state index is 13.6. The van der Waals surface area contributed by atoms with Crippen LogP contribution in [0.4, 0.5) is 0 Å². The van der Waals surface area contributed by atoms with E-state index >= 15 is 0 Å². The van der Waals surface area contributed by atoms with Gasteiger partial charge in [0.15, 0.2) is 0 Å². The highest BCUT2D eigenvalue weighted by Gasteiger charge is 2.21. The van der Waals surface area contributed by atoms with E-state index in [1.165, 1.54) is 0 Å². The van der Waals surface area contributed by atoms with Crippen LogP contribution in [0.1, 0.15) is 0 Å². The van der Waals surface area contributed by atoms with Gasteiger partial charge in [-0.05, 0) is 39.1 Å². The summed E-state index contributed by atoms with van der Waals surface area (Å²) in [5.41, 5.74) is 6.47. The SMILES string of the molecule is O=c1oc2c(-c3ccccc3)c3ccccc3c(-c3ccccc3)c2c2ccc(-c3ccccc3)cc12. The molecule has 174 valence electrons. The summed E-state index contributed by atoms with van der Waals surface area (Å²) in [7, 11) is 0. The molecule has 2 nitrogen and oxygen atoms in total. The summed E-state index contributed by atoms with van der Waals surface area (Å²) in [6.45, 7) is 0. The average Bonchev–Trinajstić information content (AvgIpc) is 2.97. The molecule has 0 bridgehead atoms. The number of rotatable bonds is 3. The lowest BCUT2D eigenvalue weighted by atomic mass is 9.86. The zero-order chi connectivity index (χ0) is 24.8. The fourth-order valence-electron chi connectivity index (χ4n) is 5.46. The molecule has 7 aromatic rings. The Labute approximate surface area is 214 Å². The van der Waals surface area contributed by atoms with E-state index in [9.17, 15) is 4.79 Å². The summed E-state index contributed by atoms with van der Waals surface area (Å²) in [6.07, 6.45) is 0. The molecule has 0 radical (unpaired) electrons. The van der Waals surface area contributed by atoms with Gasteiger partial charge in [-0.1, -0.05) is 127 Å². The van der Waals surface area contributed by atoms with E-state index in [4.69, 9.17) is 4.42 Å². The Morgan fingerprint density at radius 3 is 1.54 bits per heavy atom. The maximum atomic E-state index is 13.6. The van der Waals surface area contributed by atoms with Crippen molar-refractivity contribution in [2.24, 2.45) is 0 Å². The van der Waals surface area contributed by atoms with Gasteiger partial charge in [0.05, 0.1) is 5.39 Å². The molecule has 0 unspecified atom stereocenters. The lowest BCUT2D eigenvalue weighted by molar-refractivity contribution is 0.571. The van der Waals surface area contributed by atoms with Crippen LogP contribution in [-0.4, -0.2) is 0 Å². The smallest absolute Gasteiger partial charge is 0.344 e. The molecule has 2 heteroatoms. The number of benzene rings is 6. The molecule has 1 heterocycles. The minimum atomic E-state index is -0.327. The molecule has 0 atom stereocenters. The van der Waals surface area contributed by atoms with Crippen LogP contribution in [0.15, 0.2) is 143 Å². The number of hydrogen-bond acceptors (Lipinski definition) is 2. The Balaban J connectivity index is 1.71. The highest BCUT2D eigenvalue weighted by atomic mass is 16.4. The van der Waals surface area contributed by atoms with Gasteiger partial charge in [-0.2, -0.15) is 0 Å². The molecule has 0 aliphatic rings. The Hall–Kier alpha value is -4.95. The first-order chi connectivity index (χ1) is 18.3. The van der Waals surface area contributed by atoms with E-state index < -0.39 is 0 Å². The highest BCUT2D eigenvalue weighted by Crippen LogP contribution is 2.45. The van der Waals surface area contributed by atoms with Crippen LogP contribution in [0.25, 0.3) is 65.9 Å². The molecule has 0 amide bonds. The molecular formula is C35H22O2. The highest BCUT2D eigenvalue weighted by molar-refractivity contribution is 6.26. The summed E-state index contributed by atoms with van der Waals surface area (Å²) in [5.74, 6) is 0. The van der Waals surface area contributed by atoms with E-state index in [-0.39, 0.29) is 5.63 Å². The van der Waals surface area contributed by atoms with Crippen molar-refractivity contribution < 1.29 is 4.42 Å². The van der Waals surface area contributed by atoms with Gasteiger partial charge < -0.3 is 4.42 Å². The molecule has 0 N–H and O–H groups in total. The van der Waals surface area contributed by atoms with Crippen LogP contribution in [0.3, 0.4) is 0 Å². The van der Waals surface area contributed by atoms with E-state index in [0.717, 1.165) is 54.9 Å². The monoisotopic (exact) mass is 474 g/mol. The van der Waals surface area contributed by atoms with Crippen LogP contribution in [-0.2, 0) is 0 Å².